The molecule has 0 heterocycles. The number of carbonyl (C=O) groups excluding carboxylic acids is 2. The lowest BCUT2D eigenvalue weighted by atomic mass is 10.1. The van der Waals surface area contributed by atoms with Crippen molar-refractivity contribution in [2.45, 2.75) is 0 Å². The lowest BCUT2D eigenvalue weighted by Gasteiger charge is -2.09. The summed E-state index contributed by atoms with van der Waals surface area (Å²) < 4.78 is 1.51. The summed E-state index contributed by atoms with van der Waals surface area (Å²) in [6, 6.07) is 9.75. The van der Waals surface area contributed by atoms with Gasteiger partial charge in [0.2, 0.25) is 5.91 Å². The van der Waals surface area contributed by atoms with Gasteiger partial charge in [0.1, 0.15) is 0 Å². The highest BCUT2D eigenvalue weighted by atomic mass is 79.9. The van der Waals surface area contributed by atoms with Crippen LogP contribution < -0.4 is 11.1 Å². The molecule has 0 aliphatic rings. The van der Waals surface area contributed by atoms with E-state index < -0.39 is 5.91 Å². The second-order valence-corrected chi connectivity index (χ2v) is 6.31. The topological polar surface area (TPSA) is 72.2 Å². The van der Waals surface area contributed by atoms with Crippen molar-refractivity contribution in [3.8, 4) is 0 Å². The van der Waals surface area contributed by atoms with Gasteiger partial charge in [-0.05, 0) is 52.3 Å². The summed E-state index contributed by atoms with van der Waals surface area (Å²) in [6.07, 6.45) is 0. The van der Waals surface area contributed by atoms with Gasteiger partial charge in [0.15, 0.2) is 0 Å². The zero-order valence-electron chi connectivity index (χ0n) is 10.5. The lowest BCUT2D eigenvalue weighted by Crippen LogP contribution is -2.15. The van der Waals surface area contributed by atoms with Crippen molar-refractivity contribution >= 4 is 61.0 Å². The van der Waals surface area contributed by atoms with Crippen molar-refractivity contribution in [2.24, 2.45) is 5.73 Å². The van der Waals surface area contributed by atoms with Crippen LogP contribution in [-0.4, -0.2) is 11.8 Å². The van der Waals surface area contributed by atoms with E-state index in [2.05, 4.69) is 37.2 Å². The molecule has 2 rings (SSSR count). The van der Waals surface area contributed by atoms with Crippen LogP contribution in [0.3, 0.4) is 0 Å². The molecule has 2 aromatic carbocycles. The first kappa shape index (κ1) is 16.0. The van der Waals surface area contributed by atoms with Crippen LogP contribution in [0, 0.1) is 0 Å². The molecule has 4 nitrogen and oxygen atoms in total. The summed E-state index contributed by atoms with van der Waals surface area (Å²) in [4.78, 5) is 23.4. The number of rotatable bonds is 3. The predicted octanol–water partition coefficient (Wildman–Crippen LogP) is 4.22. The summed E-state index contributed by atoms with van der Waals surface area (Å²) >= 11 is 12.5. The fourth-order valence-electron chi connectivity index (χ4n) is 1.66. The average Bonchev–Trinajstić information content (AvgIpc) is 2.40. The number of carbonyl (C=O) groups is 2. The summed E-state index contributed by atoms with van der Waals surface area (Å²) in [6.45, 7) is 0. The molecule has 108 valence electrons. The van der Waals surface area contributed by atoms with Crippen LogP contribution in [0.15, 0.2) is 45.3 Å². The van der Waals surface area contributed by atoms with Gasteiger partial charge in [-0.15, -0.1) is 0 Å². The van der Waals surface area contributed by atoms with Crippen LogP contribution in [0.25, 0.3) is 0 Å². The standard InChI is InChI=1S/C14H9Br2ClN2O2/c15-7-1-3-9(11(16)5-7)14(21)19-8-2-4-12(17)10(6-8)13(18)20/h1-6H,(H2,18,20)(H,19,21). The second kappa shape index (κ2) is 6.60. The van der Waals surface area contributed by atoms with Crippen molar-refractivity contribution in [3.05, 3.63) is 61.5 Å². The predicted molar refractivity (Wildman–Crippen MR) is 89.8 cm³/mol. The number of nitrogens with two attached hydrogens (primary N) is 1. The van der Waals surface area contributed by atoms with Crippen molar-refractivity contribution < 1.29 is 9.59 Å². The monoisotopic (exact) mass is 430 g/mol. The number of hydrogen-bond acceptors (Lipinski definition) is 2. The molecule has 21 heavy (non-hydrogen) atoms. The maximum absolute atomic E-state index is 12.2. The van der Waals surface area contributed by atoms with Gasteiger partial charge in [0.05, 0.1) is 16.1 Å². The van der Waals surface area contributed by atoms with Gasteiger partial charge in [-0.3, -0.25) is 9.59 Å². The first-order valence-corrected chi connectivity index (χ1v) is 7.70. The summed E-state index contributed by atoms with van der Waals surface area (Å²) in [5.41, 5.74) is 6.28. The highest BCUT2D eigenvalue weighted by molar-refractivity contribution is 9.11. The van der Waals surface area contributed by atoms with E-state index in [1.807, 2.05) is 0 Å². The maximum Gasteiger partial charge on any atom is 0.256 e. The summed E-state index contributed by atoms with van der Waals surface area (Å²) in [5.74, 6) is -0.965. The molecule has 0 aliphatic carbocycles. The number of nitrogens with one attached hydrogen (secondary N) is 1. The first-order valence-electron chi connectivity index (χ1n) is 5.74. The van der Waals surface area contributed by atoms with E-state index in [0.29, 0.717) is 15.7 Å². The molecule has 3 N–H and O–H groups in total. The zero-order valence-corrected chi connectivity index (χ0v) is 14.4. The number of primary amides is 1. The Kier molecular flexibility index (Phi) is 5.03. The molecular formula is C14H9Br2ClN2O2. The van der Waals surface area contributed by atoms with Crippen LogP contribution in [0.4, 0.5) is 5.69 Å². The van der Waals surface area contributed by atoms with E-state index in [1.54, 1.807) is 24.3 Å². The Hall–Kier alpha value is -1.37. The Labute approximate surface area is 142 Å². The van der Waals surface area contributed by atoms with E-state index in [-0.39, 0.29) is 16.5 Å². The molecule has 0 fully saturated rings. The van der Waals surface area contributed by atoms with Gasteiger partial charge in [-0.25, -0.2) is 0 Å². The Morgan fingerprint density at radius 2 is 1.76 bits per heavy atom. The molecule has 0 unspecified atom stereocenters. The van der Waals surface area contributed by atoms with Crippen molar-refractivity contribution in [2.75, 3.05) is 5.32 Å². The molecule has 0 spiro atoms. The largest absolute Gasteiger partial charge is 0.366 e. The van der Waals surface area contributed by atoms with Gasteiger partial charge in [0, 0.05) is 14.6 Å². The normalized spacial score (nSPS) is 10.2. The van der Waals surface area contributed by atoms with Crippen LogP contribution >= 0.6 is 43.5 Å². The zero-order chi connectivity index (χ0) is 15.6. The second-order valence-electron chi connectivity index (χ2n) is 4.14. The van der Waals surface area contributed by atoms with E-state index in [9.17, 15) is 9.59 Å². The van der Waals surface area contributed by atoms with Crippen molar-refractivity contribution in [3.63, 3.8) is 0 Å². The minimum absolute atomic E-state index is 0.157. The molecule has 0 bridgehead atoms. The van der Waals surface area contributed by atoms with E-state index in [1.165, 1.54) is 12.1 Å². The Morgan fingerprint density at radius 3 is 2.38 bits per heavy atom. The third kappa shape index (κ3) is 3.84. The molecule has 2 aromatic rings. The third-order valence-electron chi connectivity index (χ3n) is 2.67. The average molecular weight is 432 g/mol. The highest BCUT2D eigenvalue weighted by Crippen LogP contribution is 2.24. The number of anilines is 1. The molecule has 0 radical (unpaired) electrons. The molecule has 7 heteroatoms. The van der Waals surface area contributed by atoms with E-state index in [4.69, 9.17) is 17.3 Å². The number of amides is 2. The fraction of sp³-hybridized carbons (Fsp3) is 0. The van der Waals surface area contributed by atoms with Crippen molar-refractivity contribution in [1.82, 2.24) is 0 Å². The highest BCUT2D eigenvalue weighted by Gasteiger charge is 2.13. The third-order valence-corrected chi connectivity index (χ3v) is 4.14. The SMILES string of the molecule is NC(=O)c1cc(NC(=O)c2ccc(Br)cc2Br)ccc1Cl. The van der Waals surface area contributed by atoms with E-state index in [0.717, 1.165) is 4.47 Å². The Balaban J connectivity index is 2.27. The lowest BCUT2D eigenvalue weighted by molar-refractivity contribution is 0.0996. The van der Waals surface area contributed by atoms with Gasteiger partial charge >= 0.3 is 0 Å². The number of hydrogen-bond donors (Lipinski definition) is 2. The number of benzene rings is 2. The summed E-state index contributed by atoms with van der Waals surface area (Å²) in [7, 11) is 0. The molecular weight excluding hydrogens is 423 g/mol. The Morgan fingerprint density at radius 1 is 1.05 bits per heavy atom. The molecule has 0 atom stereocenters. The number of halogens is 3. The Bertz CT molecular complexity index is 735. The molecule has 0 saturated heterocycles. The smallest absolute Gasteiger partial charge is 0.256 e. The minimum atomic E-state index is -0.652. The molecule has 0 aliphatic heterocycles. The minimum Gasteiger partial charge on any atom is -0.366 e. The van der Waals surface area contributed by atoms with Crippen LogP contribution in [0.2, 0.25) is 5.02 Å². The van der Waals surface area contributed by atoms with Gasteiger partial charge in [0.25, 0.3) is 5.91 Å². The maximum atomic E-state index is 12.2. The van der Waals surface area contributed by atoms with Gasteiger partial charge in [-0.1, -0.05) is 27.5 Å². The molecule has 0 aromatic heterocycles. The first-order chi connectivity index (χ1) is 9.88. The molecule has 0 saturated carbocycles. The van der Waals surface area contributed by atoms with Crippen LogP contribution in [-0.2, 0) is 0 Å². The van der Waals surface area contributed by atoms with Crippen LogP contribution in [0.5, 0.6) is 0 Å². The molecule has 2 amide bonds. The fourth-order valence-corrected chi connectivity index (χ4v) is 3.10. The van der Waals surface area contributed by atoms with Crippen LogP contribution in [0.1, 0.15) is 20.7 Å². The van der Waals surface area contributed by atoms with Gasteiger partial charge in [-0.2, -0.15) is 0 Å². The van der Waals surface area contributed by atoms with Gasteiger partial charge < -0.3 is 11.1 Å². The van der Waals surface area contributed by atoms with E-state index >= 15 is 0 Å². The van der Waals surface area contributed by atoms with Crippen molar-refractivity contribution in [1.29, 1.82) is 0 Å². The quantitative estimate of drug-likeness (QED) is 0.763. The summed E-state index contributed by atoms with van der Waals surface area (Å²) in [5, 5.41) is 2.93.